The molecule has 0 bridgehead atoms. The lowest BCUT2D eigenvalue weighted by atomic mass is 10.2. The molecular formula is C16H23IN4O. The summed E-state index contributed by atoms with van der Waals surface area (Å²) in [5, 5.41) is 2.90. The van der Waals surface area contributed by atoms with Crippen LogP contribution >= 0.6 is 24.0 Å². The van der Waals surface area contributed by atoms with Gasteiger partial charge in [-0.3, -0.25) is 9.79 Å². The number of fused-ring (bicyclic) bond motifs is 1. The van der Waals surface area contributed by atoms with Gasteiger partial charge in [-0.05, 0) is 24.5 Å². The number of halogens is 1. The van der Waals surface area contributed by atoms with Crippen molar-refractivity contribution < 1.29 is 4.79 Å². The number of carbonyl (C=O) groups is 1. The Hall–Kier alpha value is -1.57. The Balaban J connectivity index is 0.00000242. The fourth-order valence-electron chi connectivity index (χ4n) is 2.39. The van der Waals surface area contributed by atoms with Crippen molar-refractivity contribution in [3.05, 3.63) is 42.5 Å². The van der Waals surface area contributed by atoms with Crippen LogP contribution in [0.5, 0.6) is 0 Å². The number of guanidine groups is 1. The number of carbonyl (C=O) groups excluding carboxylic acids is 1. The largest absolute Gasteiger partial charge is 0.370 e. The van der Waals surface area contributed by atoms with Crippen molar-refractivity contribution in [2.24, 2.45) is 10.7 Å². The number of aliphatic imine (C=N–C) groups is 1. The first kappa shape index (κ1) is 18.5. The number of nitrogens with two attached hydrogens (primary N) is 1. The third-order valence-electron chi connectivity index (χ3n) is 3.45. The molecular weight excluding hydrogens is 391 g/mol. The van der Waals surface area contributed by atoms with Crippen LogP contribution in [0.1, 0.15) is 18.4 Å². The summed E-state index contributed by atoms with van der Waals surface area (Å²) >= 11 is 0. The number of benzene rings is 1. The molecule has 6 heteroatoms. The van der Waals surface area contributed by atoms with Crippen LogP contribution in [-0.2, 0) is 11.2 Å². The van der Waals surface area contributed by atoms with E-state index >= 15 is 0 Å². The second kappa shape index (κ2) is 9.45. The van der Waals surface area contributed by atoms with Gasteiger partial charge >= 0.3 is 0 Å². The Labute approximate surface area is 148 Å². The van der Waals surface area contributed by atoms with Crippen LogP contribution in [-0.4, -0.2) is 31.5 Å². The third-order valence-corrected chi connectivity index (χ3v) is 3.45. The maximum atomic E-state index is 12.2. The Kier molecular flexibility index (Phi) is 7.94. The standard InChI is InChI=1S/C16H22N4O.HI/c1-2-10-18-16(17)19-11-5-8-15(21)20-12-9-13-6-3-4-7-14(13)20;/h2-4,6-7H,1,5,8-12H2,(H3,17,18,19);1H. The van der Waals surface area contributed by atoms with Crippen LogP contribution in [0.25, 0.3) is 0 Å². The molecule has 0 radical (unpaired) electrons. The summed E-state index contributed by atoms with van der Waals surface area (Å²) in [5.74, 6) is 0.557. The number of hydrogen-bond acceptors (Lipinski definition) is 2. The Morgan fingerprint density at radius 2 is 2.23 bits per heavy atom. The molecule has 1 aromatic carbocycles. The summed E-state index contributed by atoms with van der Waals surface area (Å²) < 4.78 is 0. The first-order chi connectivity index (χ1) is 10.2. The zero-order valence-corrected chi connectivity index (χ0v) is 15.0. The van der Waals surface area contributed by atoms with Crippen molar-refractivity contribution in [1.82, 2.24) is 5.32 Å². The fraction of sp³-hybridized carbons (Fsp3) is 0.375. The van der Waals surface area contributed by atoms with E-state index in [4.69, 9.17) is 5.73 Å². The van der Waals surface area contributed by atoms with Crippen LogP contribution in [0.4, 0.5) is 5.69 Å². The highest BCUT2D eigenvalue weighted by Gasteiger charge is 2.23. The molecule has 0 atom stereocenters. The highest BCUT2D eigenvalue weighted by molar-refractivity contribution is 14.0. The summed E-state index contributed by atoms with van der Waals surface area (Å²) in [4.78, 5) is 18.3. The smallest absolute Gasteiger partial charge is 0.227 e. The molecule has 2 rings (SSSR count). The lowest BCUT2D eigenvalue weighted by molar-refractivity contribution is -0.118. The summed E-state index contributed by atoms with van der Waals surface area (Å²) in [6.07, 6.45) is 3.86. The zero-order chi connectivity index (χ0) is 15.1. The highest BCUT2D eigenvalue weighted by Crippen LogP contribution is 2.27. The normalized spacial score (nSPS) is 13.3. The molecule has 1 aliphatic rings. The minimum absolute atomic E-state index is 0. The van der Waals surface area contributed by atoms with Crippen molar-refractivity contribution in [3.63, 3.8) is 0 Å². The zero-order valence-electron chi connectivity index (χ0n) is 12.6. The highest BCUT2D eigenvalue weighted by atomic mass is 127. The Bertz CT molecular complexity index is 545. The molecule has 0 aliphatic carbocycles. The summed E-state index contributed by atoms with van der Waals surface area (Å²) in [6.45, 7) is 5.52. The van der Waals surface area contributed by atoms with Crippen LogP contribution < -0.4 is 16.0 Å². The molecule has 5 nitrogen and oxygen atoms in total. The molecule has 3 N–H and O–H groups in total. The van der Waals surface area contributed by atoms with E-state index < -0.39 is 0 Å². The van der Waals surface area contributed by atoms with Gasteiger partial charge in [0.15, 0.2) is 5.96 Å². The topological polar surface area (TPSA) is 70.7 Å². The van der Waals surface area contributed by atoms with Crippen molar-refractivity contribution >= 4 is 41.5 Å². The van der Waals surface area contributed by atoms with Gasteiger partial charge in [0.05, 0.1) is 0 Å². The predicted molar refractivity (Wildman–Crippen MR) is 102 cm³/mol. The van der Waals surface area contributed by atoms with Gasteiger partial charge in [0, 0.05) is 31.7 Å². The summed E-state index contributed by atoms with van der Waals surface area (Å²) in [5.41, 5.74) is 7.96. The van der Waals surface area contributed by atoms with Gasteiger partial charge in [-0.1, -0.05) is 24.3 Å². The quantitative estimate of drug-likeness (QED) is 0.246. The average molecular weight is 414 g/mol. The van der Waals surface area contributed by atoms with Crippen LogP contribution in [0, 0.1) is 0 Å². The maximum Gasteiger partial charge on any atom is 0.227 e. The first-order valence-corrected chi connectivity index (χ1v) is 7.25. The second-order valence-corrected chi connectivity index (χ2v) is 4.96. The van der Waals surface area contributed by atoms with Gasteiger partial charge in [0.2, 0.25) is 5.91 Å². The monoisotopic (exact) mass is 414 g/mol. The van der Waals surface area contributed by atoms with E-state index in [-0.39, 0.29) is 29.9 Å². The average Bonchev–Trinajstić information content (AvgIpc) is 2.93. The number of anilines is 1. The van der Waals surface area contributed by atoms with Gasteiger partial charge in [-0.15, -0.1) is 30.6 Å². The van der Waals surface area contributed by atoms with Crippen molar-refractivity contribution in [2.45, 2.75) is 19.3 Å². The van der Waals surface area contributed by atoms with E-state index in [1.807, 2.05) is 23.1 Å². The molecule has 1 heterocycles. The Morgan fingerprint density at radius 1 is 1.45 bits per heavy atom. The molecule has 22 heavy (non-hydrogen) atoms. The molecule has 0 spiro atoms. The van der Waals surface area contributed by atoms with Gasteiger partial charge < -0.3 is 16.0 Å². The minimum atomic E-state index is 0. The molecule has 1 amide bonds. The molecule has 0 saturated heterocycles. The summed E-state index contributed by atoms with van der Waals surface area (Å²) in [6, 6.07) is 8.08. The molecule has 1 aliphatic heterocycles. The van der Waals surface area contributed by atoms with Gasteiger partial charge in [0.25, 0.3) is 0 Å². The number of nitrogens with one attached hydrogen (secondary N) is 1. The van der Waals surface area contributed by atoms with Crippen LogP contribution in [0.2, 0.25) is 0 Å². The predicted octanol–water partition coefficient (Wildman–Crippen LogP) is 2.06. The van der Waals surface area contributed by atoms with Gasteiger partial charge in [-0.2, -0.15) is 0 Å². The number of amides is 1. The van der Waals surface area contributed by atoms with Crippen molar-refractivity contribution in [1.29, 1.82) is 0 Å². The number of hydrogen-bond donors (Lipinski definition) is 2. The molecule has 0 unspecified atom stereocenters. The van der Waals surface area contributed by atoms with E-state index in [2.05, 4.69) is 23.0 Å². The lowest BCUT2D eigenvalue weighted by Crippen LogP contribution is -2.32. The summed E-state index contributed by atoms with van der Waals surface area (Å²) in [7, 11) is 0. The lowest BCUT2D eigenvalue weighted by Gasteiger charge is -2.16. The Morgan fingerprint density at radius 3 is 3.00 bits per heavy atom. The van der Waals surface area contributed by atoms with Crippen LogP contribution in [0.15, 0.2) is 41.9 Å². The number of nitrogens with zero attached hydrogens (tertiary/aromatic N) is 2. The molecule has 0 aromatic heterocycles. The molecule has 120 valence electrons. The maximum absolute atomic E-state index is 12.2. The first-order valence-electron chi connectivity index (χ1n) is 7.25. The van der Waals surface area contributed by atoms with Crippen LogP contribution in [0.3, 0.4) is 0 Å². The number of rotatable bonds is 6. The van der Waals surface area contributed by atoms with E-state index in [0.717, 1.165) is 18.7 Å². The van der Waals surface area contributed by atoms with Gasteiger partial charge in [-0.25, -0.2) is 0 Å². The second-order valence-electron chi connectivity index (χ2n) is 4.96. The molecule has 1 aromatic rings. The molecule has 0 fully saturated rings. The van der Waals surface area contributed by atoms with E-state index in [1.54, 1.807) is 6.08 Å². The van der Waals surface area contributed by atoms with Crippen molar-refractivity contribution in [2.75, 3.05) is 24.5 Å². The SMILES string of the molecule is C=CCNC(N)=NCCCC(=O)N1CCc2ccccc21.I. The molecule has 0 saturated carbocycles. The van der Waals surface area contributed by atoms with E-state index in [1.165, 1.54) is 5.56 Å². The fourth-order valence-corrected chi connectivity index (χ4v) is 2.39. The third kappa shape index (κ3) is 5.01. The van der Waals surface area contributed by atoms with E-state index in [9.17, 15) is 4.79 Å². The van der Waals surface area contributed by atoms with Gasteiger partial charge in [0.1, 0.15) is 0 Å². The minimum Gasteiger partial charge on any atom is -0.370 e. The number of para-hydroxylation sites is 1. The van der Waals surface area contributed by atoms with E-state index in [0.29, 0.717) is 31.9 Å². The van der Waals surface area contributed by atoms with Crippen molar-refractivity contribution in [3.8, 4) is 0 Å².